The Hall–Kier alpha value is -3.80. The Labute approximate surface area is 256 Å². The van der Waals surface area contributed by atoms with E-state index in [9.17, 15) is 29.9 Å². The number of aliphatic hydroxyl groups is 2. The van der Waals surface area contributed by atoms with Crippen LogP contribution in [0.2, 0.25) is 0 Å². The number of amides is 2. The predicted molar refractivity (Wildman–Crippen MR) is 156 cm³/mol. The highest BCUT2D eigenvalue weighted by Crippen LogP contribution is 2.42. The largest absolute Gasteiger partial charge is 0.457 e. The van der Waals surface area contributed by atoms with E-state index in [1.54, 1.807) is 34.6 Å². The zero-order valence-corrected chi connectivity index (χ0v) is 25.8. The molecule has 4 rings (SSSR count). The van der Waals surface area contributed by atoms with Crippen molar-refractivity contribution < 1.29 is 38.8 Å². The molecule has 2 aromatic heterocycles. The minimum atomic E-state index is -2.07. The second-order valence-corrected chi connectivity index (χ2v) is 12.8. The summed E-state index contributed by atoms with van der Waals surface area (Å²) in [6.07, 6.45) is 1.55. The van der Waals surface area contributed by atoms with E-state index in [0.717, 1.165) is 38.4 Å². The van der Waals surface area contributed by atoms with Gasteiger partial charge in [0.25, 0.3) is 0 Å². The topological polar surface area (TPSA) is 197 Å². The van der Waals surface area contributed by atoms with Gasteiger partial charge in [0.2, 0.25) is 11.5 Å². The Morgan fingerprint density at radius 3 is 2.55 bits per heavy atom. The van der Waals surface area contributed by atoms with E-state index in [2.05, 4.69) is 20.7 Å². The summed E-state index contributed by atoms with van der Waals surface area (Å²) in [6, 6.07) is 4.04. The number of nitrogens with one attached hydrogen (secondary N) is 2. The number of carbonyl (C=O) groups is 3. The number of fused-ring (bicyclic) bond motifs is 1. The van der Waals surface area contributed by atoms with Gasteiger partial charge in [0.05, 0.1) is 12.3 Å². The summed E-state index contributed by atoms with van der Waals surface area (Å²) < 4.78 is 18.1. The minimum Gasteiger partial charge on any atom is -0.457 e. The number of ether oxygens (including phenoxy) is 3. The van der Waals surface area contributed by atoms with Crippen LogP contribution in [0.4, 0.5) is 10.6 Å². The molecule has 0 bridgehead atoms. The maximum Gasteiger partial charge on any atom is 0.408 e. The molecule has 0 unspecified atom stereocenters. The summed E-state index contributed by atoms with van der Waals surface area (Å²) in [5.74, 6) is -1.13. The Kier molecular flexibility index (Phi) is 10.1. The van der Waals surface area contributed by atoms with Crippen LogP contribution < -0.4 is 10.6 Å². The SMILES string of the molecule is CC(C)[C@H](NC(=O)OC(C)(C)C)C(=O)Nc1ncnn2c([C@]3(C#N)O[C@H](CO)[C@@H](OC(=O)CC4CCCCC4)[C@H]3O)ccc12. The number of hydrogen-bond acceptors (Lipinski definition) is 11. The maximum atomic E-state index is 13.3. The molecule has 0 aromatic carbocycles. The Morgan fingerprint density at radius 1 is 1.23 bits per heavy atom. The molecule has 240 valence electrons. The van der Waals surface area contributed by atoms with Gasteiger partial charge in [-0.3, -0.25) is 9.59 Å². The molecule has 0 radical (unpaired) electrons. The molecule has 2 aliphatic rings. The third kappa shape index (κ3) is 7.11. The number of anilines is 1. The van der Waals surface area contributed by atoms with Crippen LogP contribution >= 0.6 is 0 Å². The van der Waals surface area contributed by atoms with Crippen molar-refractivity contribution in [3.63, 3.8) is 0 Å². The number of rotatable bonds is 9. The Balaban J connectivity index is 1.57. The van der Waals surface area contributed by atoms with Gasteiger partial charge in [0.15, 0.2) is 11.9 Å². The fourth-order valence-electron chi connectivity index (χ4n) is 5.76. The van der Waals surface area contributed by atoms with Gasteiger partial charge >= 0.3 is 12.1 Å². The van der Waals surface area contributed by atoms with Gasteiger partial charge in [-0.2, -0.15) is 10.4 Å². The molecule has 1 aliphatic carbocycles. The lowest BCUT2D eigenvalue weighted by molar-refractivity contribution is -0.158. The number of nitrogens with zero attached hydrogens (tertiary/aromatic N) is 4. The zero-order chi connectivity index (χ0) is 32.2. The lowest BCUT2D eigenvalue weighted by Crippen LogP contribution is -2.48. The monoisotopic (exact) mass is 614 g/mol. The molecule has 2 aromatic rings. The van der Waals surface area contributed by atoms with Gasteiger partial charge < -0.3 is 35.1 Å². The third-order valence-corrected chi connectivity index (χ3v) is 7.92. The number of esters is 1. The van der Waals surface area contributed by atoms with Crippen LogP contribution in [-0.2, 0) is 29.4 Å². The smallest absolute Gasteiger partial charge is 0.408 e. The minimum absolute atomic E-state index is 0.0719. The molecular formula is C30H42N6O8. The molecule has 1 saturated heterocycles. The van der Waals surface area contributed by atoms with Crippen molar-refractivity contribution >= 4 is 29.3 Å². The number of hydrogen-bond donors (Lipinski definition) is 4. The first-order valence-corrected chi connectivity index (χ1v) is 15.0. The lowest BCUT2D eigenvalue weighted by atomic mass is 9.87. The van der Waals surface area contributed by atoms with E-state index in [4.69, 9.17) is 14.2 Å². The Morgan fingerprint density at radius 2 is 1.93 bits per heavy atom. The normalized spacial score (nSPS) is 24.9. The highest BCUT2D eigenvalue weighted by Gasteiger charge is 2.59. The number of aromatic nitrogens is 3. The van der Waals surface area contributed by atoms with Crippen molar-refractivity contribution in [3.05, 3.63) is 24.2 Å². The summed E-state index contributed by atoms with van der Waals surface area (Å²) in [5.41, 5.74) is -2.48. The van der Waals surface area contributed by atoms with Crippen LogP contribution in [0.3, 0.4) is 0 Å². The molecule has 1 aliphatic heterocycles. The quantitative estimate of drug-likeness (QED) is 0.303. The first-order chi connectivity index (χ1) is 20.8. The molecule has 1 saturated carbocycles. The molecule has 2 amide bonds. The van der Waals surface area contributed by atoms with E-state index in [-0.39, 0.29) is 35.3 Å². The summed E-state index contributed by atoms with van der Waals surface area (Å²) >= 11 is 0. The standard InChI is InChI=1S/C30H42N6O8/c1-17(2)23(34-28(41)44-29(3,4)5)27(40)35-26-19-11-12-21(36(19)33-16-32-26)30(15-31)25(39)24(20(14-37)43-30)42-22(38)13-18-9-7-6-8-10-18/h11-12,16-18,20,23-25,37,39H,6-10,13-14H2,1-5H3,(H,34,41)(H,32,33,35,40)/t20-,23+,24-,25-,30+/m1/s1. The zero-order valence-electron chi connectivity index (χ0n) is 25.8. The summed E-state index contributed by atoms with van der Waals surface area (Å²) in [4.78, 5) is 42.6. The van der Waals surface area contributed by atoms with Crippen molar-refractivity contribution in [3.8, 4) is 6.07 Å². The molecule has 5 atom stereocenters. The average Bonchev–Trinajstić information content (AvgIpc) is 3.51. The van der Waals surface area contributed by atoms with Crippen LogP contribution in [0.15, 0.2) is 18.5 Å². The van der Waals surface area contributed by atoms with Crippen LogP contribution in [0.5, 0.6) is 0 Å². The molecule has 2 fully saturated rings. The second-order valence-electron chi connectivity index (χ2n) is 12.8. The fourth-order valence-corrected chi connectivity index (χ4v) is 5.76. The van der Waals surface area contributed by atoms with Crippen LogP contribution in [0, 0.1) is 23.2 Å². The van der Waals surface area contributed by atoms with Crippen LogP contribution in [-0.4, -0.2) is 79.3 Å². The van der Waals surface area contributed by atoms with E-state index in [1.807, 2.05) is 6.07 Å². The predicted octanol–water partition coefficient (Wildman–Crippen LogP) is 2.57. The molecule has 14 nitrogen and oxygen atoms in total. The summed E-state index contributed by atoms with van der Waals surface area (Å²) in [7, 11) is 0. The Bertz CT molecular complexity index is 1390. The lowest BCUT2D eigenvalue weighted by Gasteiger charge is -2.26. The van der Waals surface area contributed by atoms with Gasteiger partial charge in [-0.1, -0.05) is 33.1 Å². The van der Waals surface area contributed by atoms with Gasteiger partial charge in [-0.05, 0) is 57.6 Å². The molecule has 4 N–H and O–H groups in total. The van der Waals surface area contributed by atoms with Crippen molar-refractivity contribution in [1.82, 2.24) is 19.9 Å². The van der Waals surface area contributed by atoms with Crippen molar-refractivity contribution in [1.29, 1.82) is 5.26 Å². The maximum absolute atomic E-state index is 13.3. The van der Waals surface area contributed by atoms with E-state index in [1.165, 1.54) is 16.6 Å². The fraction of sp³-hybridized carbons (Fsp3) is 0.667. The molecule has 3 heterocycles. The van der Waals surface area contributed by atoms with Gasteiger partial charge in [0.1, 0.15) is 41.8 Å². The van der Waals surface area contributed by atoms with Crippen LogP contribution in [0.25, 0.3) is 5.52 Å². The van der Waals surface area contributed by atoms with E-state index in [0.29, 0.717) is 0 Å². The van der Waals surface area contributed by atoms with Gasteiger partial charge in [0, 0.05) is 6.42 Å². The number of alkyl carbamates (subject to hydrolysis) is 1. The summed E-state index contributed by atoms with van der Waals surface area (Å²) in [6.45, 7) is 8.05. The van der Waals surface area contributed by atoms with Gasteiger partial charge in [-0.25, -0.2) is 14.3 Å². The van der Waals surface area contributed by atoms with Crippen molar-refractivity contribution in [2.24, 2.45) is 11.8 Å². The highest BCUT2D eigenvalue weighted by molar-refractivity contribution is 5.98. The second kappa shape index (κ2) is 13.5. The summed E-state index contributed by atoms with van der Waals surface area (Å²) in [5, 5.41) is 41.2. The third-order valence-electron chi connectivity index (χ3n) is 7.92. The number of carbonyl (C=O) groups excluding carboxylic acids is 3. The number of nitriles is 1. The van der Waals surface area contributed by atoms with Gasteiger partial charge in [-0.15, -0.1) is 0 Å². The first kappa shape index (κ1) is 33.1. The molecule has 14 heteroatoms. The number of aliphatic hydroxyl groups excluding tert-OH is 2. The molecular weight excluding hydrogens is 572 g/mol. The highest BCUT2D eigenvalue weighted by atomic mass is 16.6. The molecule has 44 heavy (non-hydrogen) atoms. The molecule has 0 spiro atoms. The first-order valence-electron chi connectivity index (χ1n) is 15.0. The average molecular weight is 615 g/mol. The van der Waals surface area contributed by atoms with E-state index < -0.39 is 60.1 Å². The van der Waals surface area contributed by atoms with Crippen molar-refractivity contribution in [2.45, 2.75) is 109 Å². The van der Waals surface area contributed by atoms with E-state index >= 15 is 0 Å². The van der Waals surface area contributed by atoms with Crippen molar-refractivity contribution in [2.75, 3.05) is 11.9 Å². The van der Waals surface area contributed by atoms with Crippen LogP contribution in [0.1, 0.15) is 78.8 Å².